The number of hydrogen-bond donors (Lipinski definition) is 0. The van der Waals surface area contributed by atoms with Gasteiger partial charge in [-0.25, -0.2) is 0 Å². The molecule has 7 aromatic carbocycles. The molecule has 2 heterocycles. The summed E-state index contributed by atoms with van der Waals surface area (Å²) in [7, 11) is 0. The highest BCUT2D eigenvalue weighted by Crippen LogP contribution is 2.46. The zero-order valence-corrected chi connectivity index (χ0v) is 24.9. The van der Waals surface area contributed by atoms with Gasteiger partial charge in [0.05, 0.1) is 5.69 Å². The van der Waals surface area contributed by atoms with Crippen molar-refractivity contribution in [3.05, 3.63) is 163 Å². The van der Waals surface area contributed by atoms with Crippen LogP contribution in [-0.2, 0) is 0 Å². The number of para-hydroxylation sites is 4. The van der Waals surface area contributed by atoms with Crippen LogP contribution in [-0.4, -0.2) is 6.71 Å². The van der Waals surface area contributed by atoms with Crippen molar-refractivity contribution in [1.82, 2.24) is 0 Å². The monoisotopic (exact) mass is 576 g/mol. The van der Waals surface area contributed by atoms with Gasteiger partial charge in [-0.15, -0.1) is 0 Å². The molecule has 2 aliphatic heterocycles. The molecule has 7 aromatic rings. The standard InChI is InChI=1S/C41H29BN2O/c1-28-25-36-41-39(26-28)45-38-24-14-13-23-34(38)42(41)40-33-22-12-11-21-32(33)35(27-37(40)44(36)31-19-9-4-10-20-31)43(29-15-5-2-6-16-29)30-17-7-3-8-18-30/h2-27H,1H3. The zero-order valence-electron chi connectivity index (χ0n) is 24.9. The van der Waals surface area contributed by atoms with Gasteiger partial charge in [-0.3, -0.25) is 0 Å². The van der Waals surface area contributed by atoms with Crippen molar-refractivity contribution in [2.75, 3.05) is 9.80 Å². The van der Waals surface area contributed by atoms with Gasteiger partial charge in [0.25, 0.3) is 6.71 Å². The third kappa shape index (κ3) is 3.99. The summed E-state index contributed by atoms with van der Waals surface area (Å²) in [6, 6.07) is 56.5. The number of rotatable bonds is 4. The molecule has 0 unspecified atom stereocenters. The molecule has 0 saturated carbocycles. The lowest BCUT2D eigenvalue weighted by atomic mass is 9.33. The Labute approximate surface area is 263 Å². The summed E-state index contributed by atoms with van der Waals surface area (Å²) in [5.41, 5.74) is 11.7. The van der Waals surface area contributed by atoms with Gasteiger partial charge in [0.2, 0.25) is 0 Å². The molecule has 0 aliphatic carbocycles. The molecule has 0 radical (unpaired) electrons. The second-order valence-corrected chi connectivity index (χ2v) is 11.8. The minimum Gasteiger partial charge on any atom is -0.458 e. The second-order valence-electron chi connectivity index (χ2n) is 11.8. The van der Waals surface area contributed by atoms with Crippen molar-refractivity contribution >= 4 is 68.0 Å². The van der Waals surface area contributed by atoms with E-state index in [1.54, 1.807) is 0 Å². The Bertz CT molecular complexity index is 2180. The third-order valence-corrected chi connectivity index (χ3v) is 9.10. The fourth-order valence-corrected chi connectivity index (χ4v) is 7.30. The molecule has 212 valence electrons. The van der Waals surface area contributed by atoms with E-state index in [0.29, 0.717) is 0 Å². The number of fused-ring (bicyclic) bond motifs is 6. The maximum absolute atomic E-state index is 6.66. The summed E-state index contributed by atoms with van der Waals surface area (Å²) >= 11 is 0. The number of nitrogens with zero attached hydrogens (tertiary/aromatic N) is 2. The normalized spacial score (nSPS) is 12.6. The molecule has 4 heteroatoms. The zero-order chi connectivity index (χ0) is 29.9. The maximum Gasteiger partial charge on any atom is 0.257 e. The van der Waals surface area contributed by atoms with Crippen LogP contribution in [0, 0.1) is 6.92 Å². The predicted octanol–water partition coefficient (Wildman–Crippen LogP) is 9.02. The Kier molecular flexibility index (Phi) is 5.82. The van der Waals surface area contributed by atoms with Gasteiger partial charge in [0.1, 0.15) is 11.5 Å². The van der Waals surface area contributed by atoms with E-state index < -0.39 is 0 Å². The highest BCUT2D eigenvalue weighted by atomic mass is 16.5. The molecule has 0 N–H and O–H groups in total. The predicted molar refractivity (Wildman–Crippen MR) is 189 cm³/mol. The Hall–Kier alpha value is -5.74. The number of ether oxygens (including phenoxy) is 1. The van der Waals surface area contributed by atoms with E-state index in [4.69, 9.17) is 4.74 Å². The van der Waals surface area contributed by atoms with E-state index in [1.807, 2.05) is 0 Å². The summed E-state index contributed by atoms with van der Waals surface area (Å²) < 4.78 is 6.66. The third-order valence-electron chi connectivity index (χ3n) is 9.10. The molecule has 0 aromatic heterocycles. The van der Waals surface area contributed by atoms with E-state index in [1.165, 1.54) is 38.4 Å². The largest absolute Gasteiger partial charge is 0.458 e. The molecule has 0 amide bonds. The molecular formula is C41H29BN2O. The van der Waals surface area contributed by atoms with Crippen LogP contribution in [0.5, 0.6) is 11.5 Å². The molecular weight excluding hydrogens is 547 g/mol. The number of hydrogen-bond acceptors (Lipinski definition) is 3. The smallest absolute Gasteiger partial charge is 0.257 e. The maximum atomic E-state index is 6.66. The molecule has 0 spiro atoms. The van der Waals surface area contributed by atoms with Gasteiger partial charge in [0.15, 0.2) is 0 Å². The van der Waals surface area contributed by atoms with Gasteiger partial charge >= 0.3 is 0 Å². The van der Waals surface area contributed by atoms with Gasteiger partial charge < -0.3 is 14.5 Å². The topological polar surface area (TPSA) is 15.7 Å². The molecule has 2 aliphatic rings. The lowest BCUT2D eigenvalue weighted by Gasteiger charge is -2.41. The van der Waals surface area contributed by atoms with E-state index >= 15 is 0 Å². The Balaban J connectivity index is 1.43. The van der Waals surface area contributed by atoms with E-state index in [0.717, 1.165) is 39.9 Å². The minimum atomic E-state index is 0.0244. The first kappa shape index (κ1) is 25.7. The number of aryl methyl sites for hydroxylation is 1. The van der Waals surface area contributed by atoms with Crippen molar-refractivity contribution in [2.45, 2.75) is 6.92 Å². The van der Waals surface area contributed by atoms with E-state index in [2.05, 4.69) is 174 Å². The van der Waals surface area contributed by atoms with Crippen molar-refractivity contribution in [3.8, 4) is 11.5 Å². The van der Waals surface area contributed by atoms with Gasteiger partial charge in [0, 0.05) is 33.8 Å². The Morgan fingerprint density at radius 2 is 1.11 bits per heavy atom. The first-order valence-electron chi connectivity index (χ1n) is 15.5. The molecule has 0 atom stereocenters. The van der Waals surface area contributed by atoms with Crippen molar-refractivity contribution in [3.63, 3.8) is 0 Å². The van der Waals surface area contributed by atoms with Crippen LogP contribution in [0.2, 0.25) is 0 Å². The van der Waals surface area contributed by atoms with Crippen molar-refractivity contribution < 1.29 is 4.74 Å². The molecule has 0 bridgehead atoms. The molecule has 0 saturated heterocycles. The highest BCUT2D eigenvalue weighted by molar-refractivity contribution is 7.00. The van der Waals surface area contributed by atoms with Crippen LogP contribution >= 0.6 is 0 Å². The van der Waals surface area contributed by atoms with Gasteiger partial charge in [-0.05, 0) is 94.9 Å². The van der Waals surface area contributed by atoms with Crippen molar-refractivity contribution in [2.24, 2.45) is 0 Å². The van der Waals surface area contributed by atoms with Crippen molar-refractivity contribution in [1.29, 1.82) is 0 Å². The summed E-state index contributed by atoms with van der Waals surface area (Å²) in [6.45, 7) is 2.18. The molecule has 45 heavy (non-hydrogen) atoms. The summed E-state index contributed by atoms with van der Waals surface area (Å²) in [4.78, 5) is 4.83. The fraction of sp³-hybridized carbons (Fsp3) is 0.0244. The Morgan fingerprint density at radius 3 is 1.82 bits per heavy atom. The lowest BCUT2D eigenvalue weighted by molar-refractivity contribution is 0.487. The Morgan fingerprint density at radius 1 is 0.533 bits per heavy atom. The van der Waals surface area contributed by atoms with Crippen LogP contribution < -0.4 is 30.9 Å². The average molecular weight is 577 g/mol. The molecule has 3 nitrogen and oxygen atoms in total. The van der Waals surface area contributed by atoms with E-state index in [9.17, 15) is 0 Å². The summed E-state index contributed by atoms with van der Waals surface area (Å²) in [5, 5.41) is 2.44. The highest BCUT2D eigenvalue weighted by Gasteiger charge is 2.43. The fourth-order valence-electron chi connectivity index (χ4n) is 7.30. The SMILES string of the molecule is Cc1cc2c3c(c1)N(c1ccccc1)c1cc(N(c4ccccc4)c4ccccc4)c4ccccc4c1B3c1ccccc1O2. The van der Waals surface area contributed by atoms with E-state index in [-0.39, 0.29) is 6.71 Å². The summed E-state index contributed by atoms with van der Waals surface area (Å²) in [5.74, 6) is 1.86. The van der Waals surface area contributed by atoms with Crippen LogP contribution in [0.15, 0.2) is 158 Å². The van der Waals surface area contributed by atoms with Crippen LogP contribution in [0.25, 0.3) is 10.8 Å². The van der Waals surface area contributed by atoms with Crippen LogP contribution in [0.4, 0.5) is 34.1 Å². The van der Waals surface area contributed by atoms with Crippen LogP contribution in [0.3, 0.4) is 0 Å². The number of benzene rings is 7. The number of anilines is 6. The summed E-state index contributed by atoms with van der Waals surface area (Å²) in [6.07, 6.45) is 0. The first-order chi connectivity index (χ1) is 22.3. The van der Waals surface area contributed by atoms with Crippen LogP contribution in [0.1, 0.15) is 5.56 Å². The second kappa shape index (κ2) is 10.2. The minimum absolute atomic E-state index is 0.0244. The lowest BCUT2D eigenvalue weighted by Crippen LogP contribution is -2.59. The van der Waals surface area contributed by atoms with Gasteiger partial charge in [-0.2, -0.15) is 0 Å². The quantitative estimate of drug-likeness (QED) is 0.195. The van der Waals surface area contributed by atoms with Gasteiger partial charge in [-0.1, -0.05) is 97.1 Å². The first-order valence-corrected chi connectivity index (χ1v) is 15.5. The molecule has 9 rings (SSSR count). The molecule has 0 fully saturated rings. The average Bonchev–Trinajstić information content (AvgIpc) is 3.09.